The van der Waals surface area contributed by atoms with Gasteiger partial charge in [0.1, 0.15) is 5.76 Å². The Morgan fingerprint density at radius 1 is 1.62 bits per heavy atom. The fourth-order valence-electron chi connectivity index (χ4n) is 1.61. The van der Waals surface area contributed by atoms with Gasteiger partial charge in [0, 0.05) is 0 Å². The van der Waals surface area contributed by atoms with Crippen LogP contribution in [0.25, 0.3) is 0 Å². The van der Waals surface area contributed by atoms with Crippen LogP contribution in [-0.4, -0.2) is 19.0 Å². The van der Waals surface area contributed by atoms with Crippen molar-refractivity contribution in [3.05, 3.63) is 24.2 Å². The summed E-state index contributed by atoms with van der Waals surface area (Å²) in [5, 5.41) is 6.04. The van der Waals surface area contributed by atoms with Crippen LogP contribution in [0.5, 0.6) is 0 Å². The summed E-state index contributed by atoms with van der Waals surface area (Å²) in [6.07, 6.45) is 4.22. The van der Waals surface area contributed by atoms with Crippen LogP contribution in [0, 0.1) is 5.92 Å². The van der Waals surface area contributed by atoms with Crippen molar-refractivity contribution in [1.29, 1.82) is 0 Å². The molecule has 1 aliphatic rings. The Bertz CT molecular complexity index is 331. The Morgan fingerprint density at radius 3 is 3.06 bits per heavy atom. The number of hydrogen-bond donors (Lipinski definition) is 2. The molecular formula is C12H18N2O2. The van der Waals surface area contributed by atoms with Crippen LogP contribution >= 0.6 is 0 Å². The molecule has 1 aromatic rings. The number of carbonyl (C=O) groups is 1. The molecular weight excluding hydrogens is 204 g/mol. The van der Waals surface area contributed by atoms with Crippen LogP contribution in [-0.2, 0) is 4.79 Å². The molecule has 1 saturated carbocycles. The van der Waals surface area contributed by atoms with Crippen molar-refractivity contribution in [3.8, 4) is 0 Å². The normalized spacial score (nSPS) is 17.1. The summed E-state index contributed by atoms with van der Waals surface area (Å²) in [5.74, 6) is 1.61. The second-order valence-electron chi connectivity index (χ2n) is 4.38. The lowest BCUT2D eigenvalue weighted by atomic mass is 10.2. The molecule has 1 aromatic heterocycles. The summed E-state index contributed by atoms with van der Waals surface area (Å²) >= 11 is 0. The van der Waals surface area contributed by atoms with E-state index >= 15 is 0 Å². The lowest BCUT2D eigenvalue weighted by molar-refractivity contribution is -0.121. The van der Waals surface area contributed by atoms with Crippen LogP contribution in [0.1, 0.15) is 31.6 Å². The minimum atomic E-state index is -0.0646. The van der Waals surface area contributed by atoms with E-state index in [9.17, 15) is 4.79 Å². The van der Waals surface area contributed by atoms with Gasteiger partial charge < -0.3 is 15.1 Å². The molecule has 1 aliphatic carbocycles. The van der Waals surface area contributed by atoms with Crippen molar-refractivity contribution in [3.63, 3.8) is 0 Å². The van der Waals surface area contributed by atoms with Crippen LogP contribution in [0.3, 0.4) is 0 Å². The van der Waals surface area contributed by atoms with E-state index in [2.05, 4.69) is 10.6 Å². The first-order valence-electron chi connectivity index (χ1n) is 5.79. The van der Waals surface area contributed by atoms with E-state index in [1.807, 2.05) is 19.1 Å². The molecule has 1 amide bonds. The molecule has 0 saturated heterocycles. The third kappa shape index (κ3) is 3.38. The quantitative estimate of drug-likeness (QED) is 0.766. The summed E-state index contributed by atoms with van der Waals surface area (Å²) in [7, 11) is 0. The van der Waals surface area contributed by atoms with E-state index in [1.54, 1.807) is 6.26 Å². The van der Waals surface area contributed by atoms with Crippen molar-refractivity contribution in [2.45, 2.75) is 25.8 Å². The van der Waals surface area contributed by atoms with Gasteiger partial charge in [0.25, 0.3) is 0 Å². The minimum absolute atomic E-state index is 0.0181. The van der Waals surface area contributed by atoms with Crippen molar-refractivity contribution in [2.24, 2.45) is 5.92 Å². The third-order valence-corrected chi connectivity index (χ3v) is 2.76. The van der Waals surface area contributed by atoms with E-state index < -0.39 is 0 Å². The highest BCUT2D eigenvalue weighted by Crippen LogP contribution is 2.27. The van der Waals surface area contributed by atoms with Crippen molar-refractivity contribution in [1.82, 2.24) is 10.6 Å². The number of hydrogen-bond acceptors (Lipinski definition) is 3. The molecule has 0 aromatic carbocycles. The number of furan rings is 1. The second kappa shape index (κ2) is 5.16. The number of amides is 1. The fraction of sp³-hybridized carbons (Fsp3) is 0.583. The van der Waals surface area contributed by atoms with Gasteiger partial charge in [-0.2, -0.15) is 0 Å². The van der Waals surface area contributed by atoms with Gasteiger partial charge in [-0.25, -0.2) is 0 Å². The average Bonchev–Trinajstić information content (AvgIpc) is 2.91. The van der Waals surface area contributed by atoms with Crippen LogP contribution in [0.2, 0.25) is 0 Å². The molecule has 0 spiro atoms. The van der Waals surface area contributed by atoms with Gasteiger partial charge in [0.05, 0.1) is 18.8 Å². The molecule has 2 rings (SSSR count). The Hall–Kier alpha value is -1.29. The Labute approximate surface area is 95.4 Å². The highest BCUT2D eigenvalue weighted by atomic mass is 16.3. The monoisotopic (exact) mass is 222 g/mol. The zero-order chi connectivity index (χ0) is 11.4. The molecule has 1 heterocycles. The molecule has 0 unspecified atom stereocenters. The van der Waals surface area contributed by atoms with Crippen molar-refractivity contribution < 1.29 is 9.21 Å². The molecule has 4 nitrogen and oxygen atoms in total. The Kier molecular flexibility index (Phi) is 3.62. The smallest absolute Gasteiger partial charge is 0.234 e. The van der Waals surface area contributed by atoms with Gasteiger partial charge in [0.2, 0.25) is 5.91 Å². The van der Waals surface area contributed by atoms with Gasteiger partial charge in [-0.05, 0) is 44.4 Å². The predicted octanol–water partition coefficient (Wildman–Crippen LogP) is 1.46. The standard InChI is InChI=1S/C12H18N2O2/c1-9(11-3-2-6-16-11)14-12(15)8-13-7-10-4-5-10/h2-3,6,9-10,13H,4-5,7-8H2,1H3,(H,14,15)/t9-/m1/s1. The predicted molar refractivity (Wildman–Crippen MR) is 60.9 cm³/mol. The summed E-state index contributed by atoms with van der Waals surface area (Å²) < 4.78 is 5.21. The summed E-state index contributed by atoms with van der Waals surface area (Å²) in [5.41, 5.74) is 0. The average molecular weight is 222 g/mol. The lowest BCUT2D eigenvalue weighted by Gasteiger charge is -2.11. The van der Waals surface area contributed by atoms with Crippen LogP contribution in [0.15, 0.2) is 22.8 Å². The van der Waals surface area contributed by atoms with Crippen molar-refractivity contribution >= 4 is 5.91 Å². The Morgan fingerprint density at radius 2 is 2.44 bits per heavy atom. The van der Waals surface area contributed by atoms with Gasteiger partial charge in [-0.3, -0.25) is 4.79 Å². The highest BCUT2D eigenvalue weighted by Gasteiger charge is 2.20. The summed E-state index contributed by atoms with van der Waals surface area (Å²) in [4.78, 5) is 11.5. The van der Waals surface area contributed by atoms with Crippen molar-refractivity contribution in [2.75, 3.05) is 13.1 Å². The first-order valence-corrected chi connectivity index (χ1v) is 5.79. The zero-order valence-corrected chi connectivity index (χ0v) is 9.53. The van der Waals surface area contributed by atoms with E-state index in [-0.39, 0.29) is 11.9 Å². The molecule has 0 radical (unpaired) electrons. The molecule has 2 N–H and O–H groups in total. The maximum Gasteiger partial charge on any atom is 0.234 e. The molecule has 1 fully saturated rings. The lowest BCUT2D eigenvalue weighted by Crippen LogP contribution is -2.36. The maximum atomic E-state index is 11.5. The topological polar surface area (TPSA) is 54.3 Å². The number of nitrogens with one attached hydrogen (secondary N) is 2. The molecule has 88 valence electrons. The molecule has 0 aliphatic heterocycles. The minimum Gasteiger partial charge on any atom is -0.467 e. The molecule has 0 bridgehead atoms. The van der Waals surface area contributed by atoms with Crippen LogP contribution in [0.4, 0.5) is 0 Å². The van der Waals surface area contributed by atoms with Crippen LogP contribution < -0.4 is 10.6 Å². The molecule has 4 heteroatoms. The summed E-state index contributed by atoms with van der Waals surface area (Å²) in [6, 6.07) is 3.62. The maximum absolute atomic E-state index is 11.5. The van der Waals surface area contributed by atoms with Gasteiger partial charge in [-0.1, -0.05) is 0 Å². The first-order chi connectivity index (χ1) is 7.75. The number of rotatable bonds is 6. The number of carbonyl (C=O) groups excluding carboxylic acids is 1. The van der Waals surface area contributed by atoms with Gasteiger partial charge in [-0.15, -0.1) is 0 Å². The van der Waals surface area contributed by atoms with E-state index in [1.165, 1.54) is 12.8 Å². The fourth-order valence-corrected chi connectivity index (χ4v) is 1.61. The Balaban J connectivity index is 1.65. The zero-order valence-electron chi connectivity index (χ0n) is 9.53. The van der Waals surface area contributed by atoms with E-state index in [0.29, 0.717) is 6.54 Å². The van der Waals surface area contributed by atoms with Gasteiger partial charge >= 0.3 is 0 Å². The second-order valence-corrected chi connectivity index (χ2v) is 4.38. The molecule has 16 heavy (non-hydrogen) atoms. The summed E-state index contributed by atoms with van der Waals surface area (Å²) in [6.45, 7) is 3.27. The first kappa shape index (κ1) is 11.2. The SMILES string of the molecule is C[C@@H](NC(=O)CNCC1CC1)c1ccco1. The third-order valence-electron chi connectivity index (χ3n) is 2.76. The van der Waals surface area contributed by atoms with Gasteiger partial charge in [0.15, 0.2) is 0 Å². The highest BCUT2D eigenvalue weighted by molar-refractivity contribution is 5.78. The molecule has 1 atom stereocenters. The van der Waals surface area contributed by atoms with E-state index in [4.69, 9.17) is 4.42 Å². The van der Waals surface area contributed by atoms with E-state index in [0.717, 1.165) is 18.2 Å². The largest absolute Gasteiger partial charge is 0.467 e.